The van der Waals surface area contributed by atoms with E-state index in [1.807, 2.05) is 11.8 Å². The second-order valence-electron chi connectivity index (χ2n) is 3.48. The van der Waals surface area contributed by atoms with Gasteiger partial charge in [-0.1, -0.05) is 5.16 Å². The Morgan fingerprint density at radius 3 is 2.69 bits per heavy atom. The molecule has 0 radical (unpaired) electrons. The molecule has 0 fully saturated rings. The molecule has 0 heterocycles. The first-order valence-electron chi connectivity index (χ1n) is 4.24. The van der Waals surface area contributed by atoms with Crippen LogP contribution in [0.25, 0.3) is 0 Å². The molecule has 0 aromatic heterocycles. The first-order chi connectivity index (χ1) is 6.02. The van der Waals surface area contributed by atoms with Crippen molar-refractivity contribution in [3.8, 4) is 0 Å². The highest BCUT2D eigenvalue weighted by molar-refractivity contribution is 7.99. The van der Waals surface area contributed by atoms with Crippen LogP contribution in [0.15, 0.2) is 5.16 Å². The number of amidine groups is 1. The lowest BCUT2D eigenvalue weighted by Crippen LogP contribution is -2.33. The van der Waals surface area contributed by atoms with Gasteiger partial charge in [0.05, 0.1) is 0 Å². The number of oxime groups is 1. The Morgan fingerprint density at radius 1 is 1.62 bits per heavy atom. The monoisotopic (exact) mass is 205 g/mol. The van der Waals surface area contributed by atoms with Crippen molar-refractivity contribution in [1.82, 2.24) is 5.32 Å². The molecule has 0 saturated heterocycles. The van der Waals surface area contributed by atoms with Crippen LogP contribution in [-0.4, -0.2) is 35.1 Å². The van der Waals surface area contributed by atoms with Gasteiger partial charge in [-0.2, -0.15) is 11.8 Å². The van der Waals surface area contributed by atoms with Gasteiger partial charge in [-0.25, -0.2) is 0 Å². The summed E-state index contributed by atoms with van der Waals surface area (Å²) >= 11 is 1.82. The van der Waals surface area contributed by atoms with Crippen LogP contribution in [0.1, 0.15) is 20.3 Å². The normalized spacial score (nSPS) is 13.3. The van der Waals surface area contributed by atoms with Crippen molar-refractivity contribution in [2.45, 2.75) is 25.0 Å². The van der Waals surface area contributed by atoms with Gasteiger partial charge >= 0.3 is 0 Å². The number of hydrogen-bond donors (Lipinski definition) is 3. The van der Waals surface area contributed by atoms with Gasteiger partial charge in [0, 0.05) is 24.3 Å². The molecular formula is C8H19N3OS. The van der Waals surface area contributed by atoms with Gasteiger partial charge in [-0.15, -0.1) is 0 Å². The fraction of sp³-hybridized carbons (Fsp3) is 0.875. The van der Waals surface area contributed by atoms with E-state index in [4.69, 9.17) is 10.9 Å². The lowest BCUT2D eigenvalue weighted by atomic mass is 10.2. The second kappa shape index (κ2) is 6.10. The molecule has 0 aliphatic carbocycles. The van der Waals surface area contributed by atoms with Crippen LogP contribution in [-0.2, 0) is 0 Å². The summed E-state index contributed by atoms with van der Waals surface area (Å²) < 4.78 is 0.241. The second-order valence-corrected chi connectivity index (χ2v) is 5.00. The summed E-state index contributed by atoms with van der Waals surface area (Å²) in [6, 6.07) is 0. The van der Waals surface area contributed by atoms with Crippen LogP contribution in [0.5, 0.6) is 0 Å². The Morgan fingerprint density at radius 2 is 2.23 bits per heavy atom. The third kappa shape index (κ3) is 6.72. The van der Waals surface area contributed by atoms with E-state index in [0.717, 1.165) is 13.1 Å². The van der Waals surface area contributed by atoms with Crippen molar-refractivity contribution in [2.24, 2.45) is 10.9 Å². The number of rotatable bonds is 6. The maximum absolute atomic E-state index is 8.27. The van der Waals surface area contributed by atoms with Crippen LogP contribution in [0.2, 0.25) is 0 Å². The Kier molecular flexibility index (Phi) is 5.90. The molecule has 0 amide bonds. The zero-order valence-electron chi connectivity index (χ0n) is 8.50. The average Bonchev–Trinajstić information content (AvgIpc) is 2.12. The van der Waals surface area contributed by atoms with E-state index in [1.165, 1.54) is 0 Å². The lowest BCUT2D eigenvalue weighted by Gasteiger charge is -2.22. The molecule has 0 aliphatic heterocycles. The summed E-state index contributed by atoms with van der Waals surface area (Å²) in [4.78, 5) is 0. The maximum atomic E-state index is 8.27. The average molecular weight is 205 g/mol. The van der Waals surface area contributed by atoms with E-state index < -0.39 is 0 Å². The zero-order chi connectivity index (χ0) is 10.3. The first kappa shape index (κ1) is 12.6. The summed E-state index contributed by atoms with van der Waals surface area (Å²) in [6.45, 7) is 6.02. The number of nitrogens with zero attached hydrogens (tertiary/aromatic N) is 1. The van der Waals surface area contributed by atoms with Gasteiger partial charge in [-0.3, -0.25) is 0 Å². The van der Waals surface area contributed by atoms with Gasteiger partial charge in [-0.05, 0) is 20.1 Å². The minimum absolute atomic E-state index is 0.241. The standard InChI is InChI=1S/C8H19N3OS/c1-8(2,13-3)6-10-5-4-7(9)11-12/h10,12H,4-6H2,1-3H3,(H2,9,11). The molecule has 13 heavy (non-hydrogen) atoms. The molecule has 0 aliphatic rings. The Bertz CT molecular complexity index is 171. The molecule has 5 heteroatoms. The molecule has 0 rings (SSSR count). The number of thioether (sulfide) groups is 1. The minimum Gasteiger partial charge on any atom is -0.409 e. The highest BCUT2D eigenvalue weighted by atomic mass is 32.2. The molecule has 0 aromatic carbocycles. The molecule has 4 nitrogen and oxygen atoms in total. The maximum Gasteiger partial charge on any atom is 0.140 e. The topological polar surface area (TPSA) is 70.6 Å². The number of nitrogens with one attached hydrogen (secondary N) is 1. The van der Waals surface area contributed by atoms with Crippen LogP contribution in [0, 0.1) is 0 Å². The van der Waals surface area contributed by atoms with Crippen molar-refractivity contribution in [2.75, 3.05) is 19.3 Å². The van der Waals surface area contributed by atoms with E-state index >= 15 is 0 Å². The molecule has 0 aromatic rings. The van der Waals surface area contributed by atoms with E-state index in [1.54, 1.807) is 0 Å². The van der Waals surface area contributed by atoms with Crippen LogP contribution in [0.3, 0.4) is 0 Å². The third-order valence-electron chi connectivity index (χ3n) is 1.79. The van der Waals surface area contributed by atoms with Crippen LogP contribution < -0.4 is 11.1 Å². The van der Waals surface area contributed by atoms with E-state index in [9.17, 15) is 0 Å². The fourth-order valence-electron chi connectivity index (χ4n) is 0.728. The zero-order valence-corrected chi connectivity index (χ0v) is 9.32. The van der Waals surface area contributed by atoms with Gasteiger partial charge in [0.15, 0.2) is 0 Å². The van der Waals surface area contributed by atoms with Crippen molar-refractivity contribution >= 4 is 17.6 Å². The van der Waals surface area contributed by atoms with E-state index in [0.29, 0.717) is 6.42 Å². The van der Waals surface area contributed by atoms with E-state index in [-0.39, 0.29) is 10.6 Å². The predicted octanol–water partition coefficient (Wildman–Crippen LogP) is 0.854. The smallest absolute Gasteiger partial charge is 0.140 e. The van der Waals surface area contributed by atoms with Crippen molar-refractivity contribution < 1.29 is 5.21 Å². The summed E-state index contributed by atoms with van der Waals surface area (Å²) in [5.74, 6) is 0.273. The van der Waals surface area contributed by atoms with Crippen molar-refractivity contribution in [3.05, 3.63) is 0 Å². The Hall–Kier alpha value is -0.420. The Balaban J connectivity index is 3.46. The number of nitrogens with two attached hydrogens (primary N) is 1. The molecule has 0 saturated carbocycles. The van der Waals surface area contributed by atoms with Gasteiger partial charge < -0.3 is 16.3 Å². The number of hydrogen-bond acceptors (Lipinski definition) is 4. The van der Waals surface area contributed by atoms with Crippen LogP contribution in [0.4, 0.5) is 0 Å². The summed E-state index contributed by atoms with van der Waals surface area (Å²) in [5, 5.41) is 14.4. The fourth-order valence-corrected chi connectivity index (χ4v) is 0.974. The lowest BCUT2D eigenvalue weighted by molar-refractivity contribution is 0.316. The van der Waals surface area contributed by atoms with Gasteiger partial charge in [0.25, 0.3) is 0 Å². The van der Waals surface area contributed by atoms with Crippen LogP contribution >= 0.6 is 11.8 Å². The predicted molar refractivity (Wildman–Crippen MR) is 58.5 cm³/mol. The first-order valence-corrected chi connectivity index (χ1v) is 5.46. The highest BCUT2D eigenvalue weighted by Crippen LogP contribution is 2.19. The highest BCUT2D eigenvalue weighted by Gasteiger charge is 2.14. The third-order valence-corrected chi connectivity index (χ3v) is 3.04. The van der Waals surface area contributed by atoms with Gasteiger partial charge in [0.1, 0.15) is 5.84 Å². The molecule has 0 bridgehead atoms. The SMILES string of the molecule is CSC(C)(C)CNCCC(N)=NO. The molecular weight excluding hydrogens is 186 g/mol. The summed E-state index contributed by atoms with van der Waals surface area (Å²) in [5.41, 5.74) is 5.31. The molecule has 0 atom stereocenters. The quantitative estimate of drug-likeness (QED) is 0.198. The molecule has 4 N–H and O–H groups in total. The minimum atomic E-state index is 0.241. The summed E-state index contributed by atoms with van der Waals surface area (Å²) in [7, 11) is 0. The molecule has 0 spiro atoms. The molecule has 78 valence electrons. The van der Waals surface area contributed by atoms with Crippen molar-refractivity contribution in [3.63, 3.8) is 0 Å². The largest absolute Gasteiger partial charge is 0.409 e. The molecule has 0 unspecified atom stereocenters. The Labute approximate surface area is 84.0 Å². The summed E-state index contributed by atoms with van der Waals surface area (Å²) in [6.07, 6.45) is 2.67. The van der Waals surface area contributed by atoms with Gasteiger partial charge in [0.2, 0.25) is 0 Å². The van der Waals surface area contributed by atoms with Crippen molar-refractivity contribution in [1.29, 1.82) is 0 Å². The van der Waals surface area contributed by atoms with E-state index in [2.05, 4.69) is 30.6 Å².